The molecule has 0 radical (unpaired) electrons. The number of sulfone groups is 1. The highest BCUT2D eigenvalue weighted by Gasteiger charge is 2.14. The minimum atomic E-state index is -2.98. The van der Waals surface area contributed by atoms with Gasteiger partial charge in [0.05, 0.1) is 5.75 Å². The molecule has 18 heavy (non-hydrogen) atoms. The van der Waals surface area contributed by atoms with Gasteiger partial charge in [0.1, 0.15) is 26.6 Å². The highest BCUT2D eigenvalue weighted by Crippen LogP contribution is 2.22. The molecule has 0 spiro atoms. The number of hydrogen-bond acceptors (Lipinski definition) is 5. The summed E-state index contributed by atoms with van der Waals surface area (Å²) in [6.45, 7) is 4.16. The van der Waals surface area contributed by atoms with Crippen LogP contribution in [-0.4, -0.2) is 44.0 Å². The summed E-state index contributed by atoms with van der Waals surface area (Å²) in [4.78, 5) is 10.3. The number of anilines is 1. The molecule has 102 valence electrons. The number of rotatable bonds is 5. The van der Waals surface area contributed by atoms with Gasteiger partial charge in [-0.2, -0.15) is 0 Å². The molecule has 0 unspecified atom stereocenters. The zero-order valence-corrected chi connectivity index (χ0v) is 12.6. The Kier molecular flexibility index (Phi) is 4.92. The van der Waals surface area contributed by atoms with Crippen molar-refractivity contribution >= 4 is 27.3 Å². The van der Waals surface area contributed by atoms with E-state index in [4.69, 9.17) is 11.6 Å². The Bertz CT molecular complexity index is 531. The van der Waals surface area contributed by atoms with Gasteiger partial charge >= 0.3 is 0 Å². The predicted octanol–water partition coefficient (Wildman–Crippen LogP) is 1.48. The van der Waals surface area contributed by atoms with Gasteiger partial charge in [-0.1, -0.05) is 18.5 Å². The maximum Gasteiger partial charge on any atom is 0.149 e. The van der Waals surface area contributed by atoms with Crippen molar-refractivity contribution in [3.05, 3.63) is 16.5 Å². The molecule has 0 aliphatic heterocycles. The lowest BCUT2D eigenvalue weighted by atomic mass is 10.3. The van der Waals surface area contributed by atoms with E-state index in [0.29, 0.717) is 29.8 Å². The first kappa shape index (κ1) is 15.2. The van der Waals surface area contributed by atoms with Crippen molar-refractivity contribution < 1.29 is 8.42 Å². The molecule has 1 heterocycles. The molecule has 0 saturated carbocycles. The Morgan fingerprint density at radius 1 is 1.33 bits per heavy atom. The Morgan fingerprint density at radius 3 is 2.44 bits per heavy atom. The Morgan fingerprint density at radius 2 is 1.94 bits per heavy atom. The van der Waals surface area contributed by atoms with Gasteiger partial charge in [-0.15, -0.1) is 0 Å². The average molecular weight is 292 g/mol. The van der Waals surface area contributed by atoms with Crippen LogP contribution in [0.3, 0.4) is 0 Å². The van der Waals surface area contributed by atoms with Crippen LogP contribution in [0.5, 0.6) is 0 Å². The van der Waals surface area contributed by atoms with Crippen molar-refractivity contribution in [3.63, 3.8) is 0 Å². The van der Waals surface area contributed by atoms with Crippen LogP contribution in [0, 0.1) is 6.92 Å². The van der Waals surface area contributed by atoms with Crippen LogP contribution in [-0.2, 0) is 16.3 Å². The SMILES string of the molecule is CCc1nc(Cl)c(C)c(N(C)CCS(C)(=O)=O)n1. The van der Waals surface area contributed by atoms with Crippen molar-refractivity contribution in [2.24, 2.45) is 0 Å². The predicted molar refractivity (Wildman–Crippen MR) is 74.1 cm³/mol. The fraction of sp³-hybridized carbons (Fsp3) is 0.636. The van der Waals surface area contributed by atoms with Crippen LogP contribution < -0.4 is 4.90 Å². The zero-order valence-electron chi connectivity index (χ0n) is 11.1. The third kappa shape index (κ3) is 4.10. The van der Waals surface area contributed by atoms with E-state index in [0.717, 1.165) is 5.56 Å². The van der Waals surface area contributed by atoms with E-state index in [1.165, 1.54) is 6.26 Å². The molecule has 0 N–H and O–H groups in total. The minimum Gasteiger partial charge on any atom is -0.358 e. The molecule has 0 fully saturated rings. The second-order valence-corrected chi connectivity index (χ2v) is 6.90. The summed E-state index contributed by atoms with van der Waals surface area (Å²) in [6.07, 6.45) is 1.91. The smallest absolute Gasteiger partial charge is 0.149 e. The van der Waals surface area contributed by atoms with Crippen LogP contribution in [0.1, 0.15) is 18.3 Å². The van der Waals surface area contributed by atoms with Gasteiger partial charge in [-0.25, -0.2) is 18.4 Å². The van der Waals surface area contributed by atoms with Crippen molar-refractivity contribution in [2.45, 2.75) is 20.3 Å². The summed E-state index contributed by atoms with van der Waals surface area (Å²) < 4.78 is 22.3. The van der Waals surface area contributed by atoms with Crippen molar-refractivity contribution in [2.75, 3.05) is 30.5 Å². The lowest BCUT2D eigenvalue weighted by Crippen LogP contribution is -2.27. The summed E-state index contributed by atoms with van der Waals surface area (Å²) in [5.41, 5.74) is 0.768. The van der Waals surface area contributed by atoms with Gasteiger partial charge in [0.2, 0.25) is 0 Å². The third-order valence-corrected chi connectivity index (χ3v) is 3.87. The minimum absolute atomic E-state index is 0.0893. The largest absolute Gasteiger partial charge is 0.358 e. The van der Waals surface area contributed by atoms with Gasteiger partial charge in [0.15, 0.2) is 0 Å². The topological polar surface area (TPSA) is 63.2 Å². The molecule has 0 atom stereocenters. The molecule has 7 heteroatoms. The quantitative estimate of drug-likeness (QED) is 0.769. The molecule has 0 saturated heterocycles. The zero-order chi connectivity index (χ0) is 13.9. The number of aryl methyl sites for hydroxylation is 1. The lowest BCUT2D eigenvalue weighted by Gasteiger charge is -2.20. The summed E-state index contributed by atoms with van der Waals surface area (Å²) in [5, 5.41) is 0.419. The molecule has 0 bridgehead atoms. The first-order valence-corrected chi connectivity index (χ1v) is 8.10. The lowest BCUT2D eigenvalue weighted by molar-refractivity contribution is 0.601. The molecule has 0 aliphatic rings. The molecule has 0 amide bonds. The second kappa shape index (κ2) is 5.84. The van der Waals surface area contributed by atoms with E-state index in [1.54, 1.807) is 11.9 Å². The summed E-state index contributed by atoms with van der Waals surface area (Å²) >= 11 is 6.04. The maximum atomic E-state index is 11.2. The van der Waals surface area contributed by atoms with Gasteiger partial charge in [0.25, 0.3) is 0 Å². The van der Waals surface area contributed by atoms with Crippen LogP contribution >= 0.6 is 11.6 Å². The number of halogens is 1. The van der Waals surface area contributed by atoms with E-state index < -0.39 is 9.84 Å². The summed E-state index contributed by atoms with van der Waals surface area (Å²) in [5.74, 6) is 1.44. The first-order chi connectivity index (χ1) is 8.24. The van der Waals surface area contributed by atoms with Crippen LogP contribution in [0.15, 0.2) is 0 Å². The van der Waals surface area contributed by atoms with Crippen molar-refractivity contribution in [3.8, 4) is 0 Å². The van der Waals surface area contributed by atoms with E-state index in [1.807, 2.05) is 13.8 Å². The Labute approximate surface area is 113 Å². The van der Waals surface area contributed by atoms with E-state index >= 15 is 0 Å². The molecule has 0 aliphatic carbocycles. The van der Waals surface area contributed by atoms with Gasteiger partial charge in [0, 0.05) is 31.8 Å². The fourth-order valence-electron chi connectivity index (χ4n) is 1.46. The number of hydrogen-bond donors (Lipinski definition) is 0. The van der Waals surface area contributed by atoms with Gasteiger partial charge < -0.3 is 4.90 Å². The van der Waals surface area contributed by atoms with Gasteiger partial charge in [-0.3, -0.25) is 0 Å². The van der Waals surface area contributed by atoms with Crippen molar-refractivity contribution in [1.82, 2.24) is 9.97 Å². The summed E-state index contributed by atoms with van der Waals surface area (Å²) in [7, 11) is -1.18. The summed E-state index contributed by atoms with van der Waals surface area (Å²) in [6, 6.07) is 0. The van der Waals surface area contributed by atoms with Gasteiger partial charge in [-0.05, 0) is 6.92 Å². The van der Waals surface area contributed by atoms with E-state index in [-0.39, 0.29) is 5.75 Å². The monoisotopic (exact) mass is 291 g/mol. The average Bonchev–Trinajstić information content (AvgIpc) is 2.28. The Balaban J connectivity index is 2.97. The molecular formula is C11H18ClN3O2S. The Hall–Kier alpha value is -0.880. The standard InChI is InChI=1S/C11H18ClN3O2S/c1-5-9-13-10(12)8(2)11(14-9)15(3)6-7-18(4,16)17/h5-7H2,1-4H3. The third-order valence-electron chi connectivity index (χ3n) is 2.58. The molecule has 1 aromatic heterocycles. The van der Waals surface area contributed by atoms with E-state index in [2.05, 4.69) is 9.97 Å². The molecule has 5 nitrogen and oxygen atoms in total. The molecular weight excluding hydrogens is 274 g/mol. The van der Waals surface area contributed by atoms with E-state index in [9.17, 15) is 8.42 Å². The highest BCUT2D eigenvalue weighted by atomic mass is 35.5. The second-order valence-electron chi connectivity index (χ2n) is 4.28. The molecule has 0 aromatic carbocycles. The first-order valence-electron chi connectivity index (χ1n) is 5.66. The highest BCUT2D eigenvalue weighted by molar-refractivity contribution is 7.90. The number of aromatic nitrogens is 2. The van der Waals surface area contributed by atoms with Crippen LogP contribution in [0.4, 0.5) is 5.82 Å². The maximum absolute atomic E-state index is 11.2. The normalized spacial score (nSPS) is 11.6. The van der Waals surface area contributed by atoms with Crippen LogP contribution in [0.25, 0.3) is 0 Å². The molecule has 1 aromatic rings. The van der Waals surface area contributed by atoms with Crippen molar-refractivity contribution in [1.29, 1.82) is 0 Å². The van der Waals surface area contributed by atoms with Crippen LogP contribution in [0.2, 0.25) is 5.15 Å². The fourth-order valence-corrected chi connectivity index (χ4v) is 2.25. The molecule has 1 rings (SSSR count). The number of nitrogens with zero attached hydrogens (tertiary/aromatic N) is 3.